The van der Waals surface area contributed by atoms with Crippen LogP contribution in [0.15, 0.2) is 48.5 Å². The van der Waals surface area contributed by atoms with Crippen molar-refractivity contribution in [1.29, 1.82) is 5.26 Å². The molecule has 0 unspecified atom stereocenters. The van der Waals surface area contributed by atoms with Crippen molar-refractivity contribution in [3.05, 3.63) is 70.8 Å². The second-order valence-electron chi connectivity index (χ2n) is 6.05. The van der Waals surface area contributed by atoms with Gasteiger partial charge in [0.2, 0.25) is 5.91 Å². The molecule has 0 aliphatic carbocycles. The molecule has 0 aliphatic heterocycles. The van der Waals surface area contributed by atoms with Crippen molar-refractivity contribution >= 4 is 12.2 Å². The summed E-state index contributed by atoms with van der Waals surface area (Å²) in [6, 6.07) is 17.7. The van der Waals surface area contributed by atoms with Crippen molar-refractivity contribution in [3.63, 3.8) is 0 Å². The van der Waals surface area contributed by atoms with Gasteiger partial charge in [-0.1, -0.05) is 48.5 Å². The Labute approximate surface area is 161 Å². The zero-order chi connectivity index (χ0) is 19.9. The highest BCUT2D eigenvalue weighted by atomic mass is 16.4. The summed E-state index contributed by atoms with van der Waals surface area (Å²) in [5.74, 6) is -0.248. The van der Waals surface area contributed by atoms with Gasteiger partial charge in [-0.2, -0.15) is 5.26 Å². The number of nitrogens with one attached hydrogen (secondary N) is 1. The first-order valence-electron chi connectivity index (χ1n) is 8.78. The van der Waals surface area contributed by atoms with Gasteiger partial charge in [-0.25, -0.2) is 0 Å². The molecule has 2 rings (SSSR count). The van der Waals surface area contributed by atoms with Crippen LogP contribution in [0.5, 0.6) is 0 Å². The Morgan fingerprint density at radius 3 is 1.96 bits per heavy atom. The lowest BCUT2D eigenvalue weighted by atomic mass is 10.0. The molecule has 1 amide bonds. The SMILES string of the molecule is COC.N#CCC(=O)NCc1ccc(CCCc2ccc(C=O)cc2)cc1. The topological polar surface area (TPSA) is 79.2 Å². The monoisotopic (exact) mass is 366 g/mol. The number of nitrogens with zero attached hydrogens (tertiary/aromatic N) is 1. The molecule has 0 radical (unpaired) electrons. The van der Waals surface area contributed by atoms with E-state index in [1.807, 2.05) is 42.5 Å². The third-order valence-corrected chi connectivity index (χ3v) is 3.80. The molecule has 0 atom stereocenters. The third kappa shape index (κ3) is 9.34. The molecule has 0 fully saturated rings. The van der Waals surface area contributed by atoms with Gasteiger partial charge in [-0.05, 0) is 36.0 Å². The molecule has 142 valence electrons. The smallest absolute Gasteiger partial charge is 0.234 e. The summed E-state index contributed by atoms with van der Waals surface area (Å²) in [7, 11) is 3.25. The summed E-state index contributed by atoms with van der Waals surface area (Å²) >= 11 is 0. The van der Waals surface area contributed by atoms with Crippen LogP contribution in [0.4, 0.5) is 0 Å². The Bertz CT molecular complexity index is 732. The van der Waals surface area contributed by atoms with Gasteiger partial charge in [0.1, 0.15) is 12.7 Å². The average molecular weight is 366 g/mol. The largest absolute Gasteiger partial charge is 0.388 e. The van der Waals surface area contributed by atoms with Crippen LogP contribution in [-0.4, -0.2) is 26.4 Å². The number of carbonyl (C=O) groups excluding carboxylic acids is 2. The predicted molar refractivity (Wildman–Crippen MR) is 105 cm³/mol. The fraction of sp³-hybridized carbons (Fsp3) is 0.318. The van der Waals surface area contributed by atoms with Gasteiger partial charge in [-0.3, -0.25) is 9.59 Å². The molecule has 0 aromatic heterocycles. The number of amides is 1. The Balaban J connectivity index is 0.00000114. The molecule has 2 aromatic rings. The van der Waals surface area contributed by atoms with E-state index in [4.69, 9.17) is 5.26 Å². The summed E-state index contributed by atoms with van der Waals surface area (Å²) in [6.07, 6.45) is 3.75. The van der Waals surface area contributed by atoms with E-state index in [9.17, 15) is 9.59 Å². The molecule has 5 nitrogen and oxygen atoms in total. The van der Waals surface area contributed by atoms with E-state index in [-0.39, 0.29) is 12.3 Å². The van der Waals surface area contributed by atoms with Gasteiger partial charge >= 0.3 is 0 Å². The van der Waals surface area contributed by atoms with Gasteiger partial charge in [0.15, 0.2) is 0 Å². The molecular formula is C22H26N2O3. The fourth-order valence-corrected chi connectivity index (χ4v) is 2.42. The second-order valence-corrected chi connectivity index (χ2v) is 6.05. The minimum absolute atomic E-state index is 0.105. The summed E-state index contributed by atoms with van der Waals surface area (Å²) in [4.78, 5) is 21.9. The molecule has 0 saturated heterocycles. The van der Waals surface area contributed by atoms with Crippen LogP contribution in [0.1, 0.15) is 39.9 Å². The van der Waals surface area contributed by atoms with Gasteiger partial charge in [0.25, 0.3) is 0 Å². The summed E-state index contributed by atoms with van der Waals surface area (Å²) < 4.78 is 4.25. The van der Waals surface area contributed by atoms with Crippen molar-refractivity contribution in [1.82, 2.24) is 5.32 Å². The Kier molecular flexibility index (Phi) is 10.8. The number of methoxy groups -OCH3 is 1. The van der Waals surface area contributed by atoms with Crippen LogP contribution in [0.3, 0.4) is 0 Å². The fourth-order valence-electron chi connectivity index (χ4n) is 2.42. The average Bonchev–Trinajstić information content (AvgIpc) is 2.69. The third-order valence-electron chi connectivity index (χ3n) is 3.80. The predicted octanol–water partition coefficient (Wildman–Crippen LogP) is 3.47. The second kappa shape index (κ2) is 13.3. The number of hydrogen-bond donors (Lipinski definition) is 1. The van der Waals surface area contributed by atoms with E-state index in [1.54, 1.807) is 14.2 Å². The number of ether oxygens (including phenoxy) is 1. The van der Waals surface area contributed by atoms with E-state index in [1.165, 1.54) is 11.1 Å². The maximum Gasteiger partial charge on any atom is 0.234 e. The number of aryl methyl sites for hydroxylation is 2. The number of benzene rings is 2. The van der Waals surface area contributed by atoms with E-state index in [0.717, 1.165) is 31.1 Å². The van der Waals surface area contributed by atoms with Gasteiger partial charge in [0.05, 0.1) is 6.07 Å². The lowest BCUT2D eigenvalue weighted by molar-refractivity contribution is -0.120. The van der Waals surface area contributed by atoms with Crippen LogP contribution in [-0.2, 0) is 28.9 Å². The summed E-state index contributed by atoms with van der Waals surface area (Å²) in [5, 5.41) is 11.1. The summed E-state index contributed by atoms with van der Waals surface area (Å²) in [6.45, 7) is 0.448. The Morgan fingerprint density at radius 2 is 1.48 bits per heavy atom. The molecule has 5 heteroatoms. The number of hydrogen-bond acceptors (Lipinski definition) is 4. The van der Waals surface area contributed by atoms with Crippen LogP contribution in [0.2, 0.25) is 0 Å². The van der Waals surface area contributed by atoms with E-state index in [2.05, 4.69) is 22.2 Å². The standard InChI is InChI=1S/C20H20N2O2.C2H6O/c21-13-12-20(24)22-14-18-8-4-16(5-9-18)2-1-3-17-6-10-19(15-23)11-7-17;1-3-2/h4-11,15H,1-3,12,14H2,(H,22,24);1-2H3. The first-order chi connectivity index (χ1) is 13.1. The number of nitriles is 1. The molecular weight excluding hydrogens is 340 g/mol. The van der Waals surface area contributed by atoms with Crippen molar-refractivity contribution < 1.29 is 14.3 Å². The molecule has 0 bridgehead atoms. The summed E-state index contributed by atoms with van der Waals surface area (Å²) in [5.41, 5.74) is 4.22. The van der Waals surface area contributed by atoms with Gasteiger partial charge < -0.3 is 10.1 Å². The number of rotatable bonds is 8. The minimum atomic E-state index is -0.248. The highest BCUT2D eigenvalue weighted by molar-refractivity contribution is 5.77. The van der Waals surface area contributed by atoms with Crippen molar-refractivity contribution in [2.24, 2.45) is 0 Å². The van der Waals surface area contributed by atoms with Crippen molar-refractivity contribution in [3.8, 4) is 6.07 Å². The molecule has 1 N–H and O–H groups in total. The first kappa shape index (κ1) is 22.1. The quantitative estimate of drug-likeness (QED) is 0.726. The lowest BCUT2D eigenvalue weighted by Gasteiger charge is -2.06. The van der Waals surface area contributed by atoms with Crippen LogP contribution >= 0.6 is 0 Å². The maximum atomic E-state index is 11.2. The maximum absolute atomic E-state index is 11.2. The normalized spacial score (nSPS) is 9.52. The molecule has 2 aromatic carbocycles. The molecule has 0 spiro atoms. The minimum Gasteiger partial charge on any atom is -0.388 e. The first-order valence-corrected chi connectivity index (χ1v) is 8.78. The lowest BCUT2D eigenvalue weighted by Crippen LogP contribution is -2.21. The highest BCUT2D eigenvalue weighted by Gasteiger charge is 2.01. The zero-order valence-electron chi connectivity index (χ0n) is 15.9. The number of carbonyl (C=O) groups is 2. The highest BCUT2D eigenvalue weighted by Crippen LogP contribution is 2.11. The van der Waals surface area contributed by atoms with E-state index >= 15 is 0 Å². The number of aldehydes is 1. The van der Waals surface area contributed by atoms with Gasteiger partial charge in [-0.15, -0.1) is 0 Å². The molecule has 0 heterocycles. The Morgan fingerprint density at radius 1 is 1.00 bits per heavy atom. The van der Waals surface area contributed by atoms with Crippen molar-refractivity contribution in [2.45, 2.75) is 32.2 Å². The molecule has 0 aliphatic rings. The van der Waals surface area contributed by atoms with Gasteiger partial charge in [0, 0.05) is 26.3 Å². The Hall–Kier alpha value is -2.97. The van der Waals surface area contributed by atoms with Crippen LogP contribution < -0.4 is 5.32 Å². The van der Waals surface area contributed by atoms with Crippen LogP contribution in [0, 0.1) is 11.3 Å². The zero-order valence-corrected chi connectivity index (χ0v) is 15.9. The van der Waals surface area contributed by atoms with Crippen molar-refractivity contribution in [2.75, 3.05) is 14.2 Å². The van der Waals surface area contributed by atoms with E-state index < -0.39 is 0 Å². The molecule has 0 saturated carbocycles. The molecule has 27 heavy (non-hydrogen) atoms. The van der Waals surface area contributed by atoms with Crippen LogP contribution in [0.25, 0.3) is 0 Å². The van der Waals surface area contributed by atoms with E-state index in [0.29, 0.717) is 12.1 Å².